The molecule has 154 valence electrons. The molecule has 1 aliphatic heterocycles. The third-order valence-electron chi connectivity index (χ3n) is 7.12. The third-order valence-corrected chi connectivity index (χ3v) is 7.12. The van der Waals surface area contributed by atoms with Crippen LogP contribution in [-0.2, 0) is 4.79 Å². The zero-order chi connectivity index (χ0) is 19.2. The van der Waals surface area contributed by atoms with Gasteiger partial charge in [-0.05, 0) is 43.9 Å². The second-order valence-corrected chi connectivity index (χ2v) is 8.88. The normalized spacial score (nSPS) is 27.7. The minimum Gasteiger partial charge on any atom is -0.354 e. The maximum atomic E-state index is 12.6. The molecule has 0 radical (unpaired) electrons. The lowest BCUT2D eigenvalue weighted by Crippen LogP contribution is -2.51. The number of hydrogen-bond donors (Lipinski definition) is 2. The van der Waals surface area contributed by atoms with Crippen molar-refractivity contribution in [3.63, 3.8) is 0 Å². The van der Waals surface area contributed by atoms with E-state index in [9.17, 15) is 4.79 Å². The van der Waals surface area contributed by atoms with Gasteiger partial charge in [0, 0.05) is 38.1 Å². The van der Waals surface area contributed by atoms with Crippen molar-refractivity contribution in [3.05, 3.63) is 0 Å². The van der Waals surface area contributed by atoms with Gasteiger partial charge in [-0.25, -0.2) is 0 Å². The zero-order valence-corrected chi connectivity index (χ0v) is 17.7. The molecular formula is C22H40N4O. The van der Waals surface area contributed by atoms with Crippen molar-refractivity contribution in [3.8, 4) is 0 Å². The molecule has 3 rings (SSSR count). The van der Waals surface area contributed by atoms with Gasteiger partial charge in [0.15, 0.2) is 5.96 Å². The van der Waals surface area contributed by atoms with E-state index in [0.717, 1.165) is 56.6 Å². The highest BCUT2D eigenvalue weighted by Crippen LogP contribution is 2.44. The Kier molecular flexibility index (Phi) is 7.42. The number of piperidine rings is 1. The lowest BCUT2D eigenvalue weighted by molar-refractivity contribution is -0.136. The van der Waals surface area contributed by atoms with Crippen molar-refractivity contribution >= 4 is 11.9 Å². The summed E-state index contributed by atoms with van der Waals surface area (Å²) in [6.45, 7) is 5.99. The van der Waals surface area contributed by atoms with Crippen LogP contribution in [0.1, 0.15) is 78.1 Å². The summed E-state index contributed by atoms with van der Waals surface area (Å²) in [5, 5.41) is 7.28. The van der Waals surface area contributed by atoms with E-state index in [0.29, 0.717) is 18.0 Å². The highest BCUT2D eigenvalue weighted by molar-refractivity contribution is 5.81. The number of nitrogens with one attached hydrogen (secondary N) is 2. The smallest absolute Gasteiger partial charge is 0.225 e. The molecule has 0 aromatic carbocycles. The van der Waals surface area contributed by atoms with Crippen LogP contribution in [0.15, 0.2) is 4.99 Å². The molecule has 1 saturated heterocycles. The molecule has 27 heavy (non-hydrogen) atoms. The van der Waals surface area contributed by atoms with E-state index in [1.54, 1.807) is 0 Å². The first-order valence-electron chi connectivity index (χ1n) is 11.4. The number of guanidine groups is 1. The van der Waals surface area contributed by atoms with Crippen LogP contribution in [0.25, 0.3) is 0 Å². The molecule has 1 heterocycles. The molecule has 0 aromatic rings. The summed E-state index contributed by atoms with van der Waals surface area (Å²) in [6.07, 6.45) is 12.4. The molecule has 2 unspecified atom stereocenters. The Bertz CT molecular complexity index is 502. The van der Waals surface area contributed by atoms with Crippen molar-refractivity contribution in [1.82, 2.24) is 15.5 Å². The SMILES string of the molecule is CCC(CC)C(=O)N1CCC(NC(=NC)NC2CC2C2CCCCC2)CC1. The predicted molar refractivity (Wildman–Crippen MR) is 112 cm³/mol. The number of carbonyl (C=O) groups excluding carboxylic acids is 1. The molecular weight excluding hydrogens is 336 g/mol. The summed E-state index contributed by atoms with van der Waals surface area (Å²) in [4.78, 5) is 19.1. The van der Waals surface area contributed by atoms with E-state index in [1.807, 2.05) is 7.05 Å². The van der Waals surface area contributed by atoms with Crippen molar-refractivity contribution in [2.24, 2.45) is 22.7 Å². The molecule has 1 amide bonds. The lowest BCUT2D eigenvalue weighted by atomic mass is 9.85. The Labute approximate surface area is 165 Å². The number of likely N-dealkylation sites (tertiary alicyclic amines) is 1. The molecule has 0 spiro atoms. The predicted octanol–water partition coefficient (Wildman–Crippen LogP) is 3.55. The lowest BCUT2D eigenvalue weighted by Gasteiger charge is -2.35. The summed E-state index contributed by atoms with van der Waals surface area (Å²) in [6, 6.07) is 1.05. The number of amides is 1. The van der Waals surface area contributed by atoms with Crippen LogP contribution in [0.4, 0.5) is 0 Å². The van der Waals surface area contributed by atoms with Gasteiger partial charge in [-0.1, -0.05) is 46.0 Å². The number of carbonyl (C=O) groups is 1. The molecule has 0 bridgehead atoms. The maximum absolute atomic E-state index is 12.6. The molecule has 2 atom stereocenters. The Morgan fingerprint density at radius 3 is 2.30 bits per heavy atom. The van der Waals surface area contributed by atoms with E-state index in [-0.39, 0.29) is 5.92 Å². The van der Waals surface area contributed by atoms with E-state index in [4.69, 9.17) is 0 Å². The number of nitrogens with zero attached hydrogens (tertiary/aromatic N) is 2. The first kappa shape index (κ1) is 20.5. The molecule has 5 heteroatoms. The first-order valence-corrected chi connectivity index (χ1v) is 11.4. The fourth-order valence-electron chi connectivity index (χ4n) is 5.14. The van der Waals surface area contributed by atoms with E-state index in [2.05, 4.69) is 34.4 Å². The van der Waals surface area contributed by atoms with Crippen LogP contribution in [0, 0.1) is 17.8 Å². The van der Waals surface area contributed by atoms with Gasteiger partial charge in [0.2, 0.25) is 5.91 Å². The summed E-state index contributed by atoms with van der Waals surface area (Å²) >= 11 is 0. The summed E-state index contributed by atoms with van der Waals surface area (Å²) < 4.78 is 0. The molecule has 2 N–H and O–H groups in total. The molecule has 2 aliphatic carbocycles. The van der Waals surface area contributed by atoms with Crippen molar-refractivity contribution < 1.29 is 4.79 Å². The van der Waals surface area contributed by atoms with Crippen LogP contribution in [0.2, 0.25) is 0 Å². The van der Waals surface area contributed by atoms with Gasteiger partial charge in [0.1, 0.15) is 0 Å². The van der Waals surface area contributed by atoms with Gasteiger partial charge in [0.25, 0.3) is 0 Å². The van der Waals surface area contributed by atoms with E-state index in [1.165, 1.54) is 38.5 Å². The summed E-state index contributed by atoms with van der Waals surface area (Å²) in [5.41, 5.74) is 0. The van der Waals surface area contributed by atoms with E-state index < -0.39 is 0 Å². The molecule has 2 saturated carbocycles. The number of rotatable bonds is 6. The summed E-state index contributed by atoms with van der Waals surface area (Å²) in [5.74, 6) is 3.32. The maximum Gasteiger partial charge on any atom is 0.225 e. The highest BCUT2D eigenvalue weighted by atomic mass is 16.2. The zero-order valence-electron chi connectivity index (χ0n) is 17.7. The topological polar surface area (TPSA) is 56.7 Å². The molecule has 3 fully saturated rings. The van der Waals surface area contributed by atoms with Crippen LogP contribution in [0.3, 0.4) is 0 Å². The third kappa shape index (κ3) is 5.39. The van der Waals surface area contributed by atoms with E-state index >= 15 is 0 Å². The number of aliphatic imine (C=N–C) groups is 1. The van der Waals surface area contributed by atoms with Crippen LogP contribution >= 0.6 is 0 Å². The molecule has 5 nitrogen and oxygen atoms in total. The Balaban J connectivity index is 1.39. The van der Waals surface area contributed by atoms with Crippen LogP contribution < -0.4 is 10.6 Å². The van der Waals surface area contributed by atoms with Crippen molar-refractivity contribution in [1.29, 1.82) is 0 Å². The average Bonchev–Trinajstić information content (AvgIpc) is 3.48. The van der Waals surface area contributed by atoms with Gasteiger partial charge in [-0.3, -0.25) is 9.79 Å². The highest BCUT2D eigenvalue weighted by Gasteiger charge is 2.43. The summed E-state index contributed by atoms with van der Waals surface area (Å²) in [7, 11) is 1.87. The second-order valence-electron chi connectivity index (χ2n) is 8.88. The fourth-order valence-corrected chi connectivity index (χ4v) is 5.14. The Morgan fingerprint density at radius 2 is 1.70 bits per heavy atom. The minimum absolute atomic E-state index is 0.204. The minimum atomic E-state index is 0.204. The van der Waals surface area contributed by atoms with Gasteiger partial charge in [-0.15, -0.1) is 0 Å². The Hall–Kier alpha value is -1.26. The Morgan fingerprint density at radius 1 is 1.04 bits per heavy atom. The van der Waals surface area contributed by atoms with Crippen molar-refractivity contribution in [2.75, 3.05) is 20.1 Å². The first-order chi connectivity index (χ1) is 13.2. The van der Waals surface area contributed by atoms with Gasteiger partial charge < -0.3 is 15.5 Å². The monoisotopic (exact) mass is 376 g/mol. The van der Waals surface area contributed by atoms with Gasteiger partial charge in [-0.2, -0.15) is 0 Å². The molecule has 0 aromatic heterocycles. The fraction of sp³-hybridized carbons (Fsp3) is 0.909. The quantitative estimate of drug-likeness (QED) is 0.551. The van der Waals surface area contributed by atoms with Crippen molar-refractivity contribution in [2.45, 2.75) is 90.1 Å². The van der Waals surface area contributed by atoms with Crippen LogP contribution in [0.5, 0.6) is 0 Å². The second kappa shape index (κ2) is 9.79. The molecule has 3 aliphatic rings. The van der Waals surface area contributed by atoms with Gasteiger partial charge >= 0.3 is 0 Å². The average molecular weight is 377 g/mol. The van der Waals surface area contributed by atoms with Crippen LogP contribution in [-0.4, -0.2) is 49.0 Å². The standard InChI is InChI=1S/C22H40N4O/c1-4-16(5-2)21(27)26-13-11-18(12-14-26)24-22(23-3)25-20-15-19(20)17-9-7-6-8-10-17/h16-20H,4-15H2,1-3H3,(H2,23,24,25). The largest absolute Gasteiger partial charge is 0.354 e. The van der Waals surface area contributed by atoms with Gasteiger partial charge in [0.05, 0.1) is 0 Å². The number of hydrogen-bond acceptors (Lipinski definition) is 2.